The van der Waals surface area contributed by atoms with Crippen molar-refractivity contribution in [2.24, 2.45) is 5.92 Å². The third-order valence-corrected chi connectivity index (χ3v) is 3.65. The van der Waals surface area contributed by atoms with Gasteiger partial charge >= 0.3 is 0 Å². The van der Waals surface area contributed by atoms with Crippen LogP contribution in [0.1, 0.15) is 39.5 Å². The van der Waals surface area contributed by atoms with Gasteiger partial charge in [0.05, 0.1) is 10.2 Å². The molecule has 0 aromatic heterocycles. The van der Waals surface area contributed by atoms with Gasteiger partial charge in [-0.05, 0) is 34.8 Å². The van der Waals surface area contributed by atoms with Crippen molar-refractivity contribution in [1.29, 1.82) is 0 Å². The van der Waals surface area contributed by atoms with Crippen molar-refractivity contribution >= 4 is 27.5 Å². The second kappa shape index (κ2) is 7.58. The van der Waals surface area contributed by atoms with E-state index in [-0.39, 0.29) is 22.0 Å². The summed E-state index contributed by atoms with van der Waals surface area (Å²) in [6.07, 6.45) is 3.40. The van der Waals surface area contributed by atoms with E-state index in [4.69, 9.17) is 0 Å². The zero-order valence-electron chi connectivity index (χ0n) is 11.1. The first kappa shape index (κ1) is 16.1. The molecule has 1 aromatic rings. The predicted octanol–water partition coefficient (Wildman–Crippen LogP) is 4.88. The molecular formula is C14H18BrF2NO. The molecule has 0 radical (unpaired) electrons. The van der Waals surface area contributed by atoms with Gasteiger partial charge in [0.2, 0.25) is 5.91 Å². The molecule has 0 aliphatic rings. The third kappa shape index (κ3) is 4.56. The van der Waals surface area contributed by atoms with Crippen LogP contribution >= 0.6 is 15.9 Å². The lowest BCUT2D eigenvalue weighted by atomic mass is 9.98. The maximum absolute atomic E-state index is 13.6. The molecule has 0 aliphatic carbocycles. The molecule has 1 amide bonds. The highest BCUT2D eigenvalue weighted by Gasteiger charge is 2.18. The molecule has 0 spiro atoms. The van der Waals surface area contributed by atoms with E-state index >= 15 is 0 Å². The normalized spacial score (nSPS) is 12.3. The molecule has 0 aliphatic heterocycles. The molecule has 1 aromatic carbocycles. The van der Waals surface area contributed by atoms with Crippen LogP contribution in [0.3, 0.4) is 0 Å². The van der Waals surface area contributed by atoms with Gasteiger partial charge in [-0.3, -0.25) is 4.79 Å². The average molecular weight is 334 g/mol. The van der Waals surface area contributed by atoms with Gasteiger partial charge in [-0.1, -0.05) is 26.7 Å². The van der Waals surface area contributed by atoms with Crippen molar-refractivity contribution in [2.45, 2.75) is 39.5 Å². The van der Waals surface area contributed by atoms with Crippen molar-refractivity contribution < 1.29 is 13.6 Å². The van der Waals surface area contributed by atoms with Gasteiger partial charge in [-0.15, -0.1) is 0 Å². The number of carbonyl (C=O) groups is 1. The highest BCUT2D eigenvalue weighted by Crippen LogP contribution is 2.24. The first-order valence-electron chi connectivity index (χ1n) is 6.45. The lowest BCUT2D eigenvalue weighted by Gasteiger charge is -2.15. The maximum Gasteiger partial charge on any atom is 0.227 e. The SMILES string of the molecule is CCCCC(CC)C(=O)Nc1cc(F)c(Br)cc1F. The van der Waals surface area contributed by atoms with Crippen molar-refractivity contribution in [3.05, 3.63) is 28.2 Å². The Hall–Kier alpha value is -0.970. The zero-order valence-corrected chi connectivity index (χ0v) is 12.7. The van der Waals surface area contributed by atoms with Crippen molar-refractivity contribution in [3.8, 4) is 0 Å². The van der Waals surface area contributed by atoms with Gasteiger partial charge in [0.1, 0.15) is 11.6 Å². The summed E-state index contributed by atoms with van der Waals surface area (Å²) in [5, 5.41) is 2.46. The minimum absolute atomic E-state index is 0.0426. The van der Waals surface area contributed by atoms with Crippen LogP contribution in [0.15, 0.2) is 16.6 Å². The number of hydrogen-bond donors (Lipinski definition) is 1. The molecule has 1 N–H and O–H groups in total. The summed E-state index contributed by atoms with van der Waals surface area (Å²) in [5.74, 6) is -1.66. The fourth-order valence-electron chi connectivity index (χ4n) is 1.82. The van der Waals surface area contributed by atoms with Crippen LogP contribution in [0.25, 0.3) is 0 Å². The van der Waals surface area contributed by atoms with Crippen molar-refractivity contribution in [2.75, 3.05) is 5.32 Å². The molecule has 1 rings (SSSR count). The minimum Gasteiger partial charge on any atom is -0.323 e. The summed E-state index contributed by atoms with van der Waals surface area (Å²) < 4.78 is 27.0. The summed E-state index contributed by atoms with van der Waals surface area (Å²) in [7, 11) is 0. The molecule has 2 nitrogen and oxygen atoms in total. The van der Waals surface area contributed by atoms with Crippen LogP contribution < -0.4 is 5.32 Å². The van der Waals surface area contributed by atoms with Gasteiger partial charge in [-0.2, -0.15) is 0 Å². The average Bonchev–Trinajstić information content (AvgIpc) is 2.37. The summed E-state index contributed by atoms with van der Waals surface area (Å²) in [6, 6.07) is 2.00. The summed E-state index contributed by atoms with van der Waals surface area (Å²) in [4.78, 5) is 12.0. The largest absolute Gasteiger partial charge is 0.323 e. The minimum atomic E-state index is -0.646. The summed E-state index contributed by atoms with van der Waals surface area (Å²) >= 11 is 2.90. The Kier molecular flexibility index (Phi) is 6.42. The lowest BCUT2D eigenvalue weighted by molar-refractivity contribution is -0.120. The highest BCUT2D eigenvalue weighted by atomic mass is 79.9. The van der Waals surface area contributed by atoms with Gasteiger partial charge < -0.3 is 5.32 Å². The monoisotopic (exact) mass is 333 g/mol. The number of halogens is 3. The van der Waals surface area contributed by atoms with Crippen LogP contribution in [0.4, 0.5) is 14.5 Å². The second-order valence-corrected chi connectivity index (χ2v) is 5.34. The number of hydrogen-bond acceptors (Lipinski definition) is 1. The number of anilines is 1. The Balaban J connectivity index is 2.78. The Morgan fingerprint density at radius 2 is 2.00 bits per heavy atom. The maximum atomic E-state index is 13.6. The lowest BCUT2D eigenvalue weighted by Crippen LogP contribution is -2.23. The Bertz CT molecular complexity index is 451. The first-order chi connectivity index (χ1) is 8.99. The number of amides is 1. The summed E-state index contributed by atoms with van der Waals surface area (Å²) in [6.45, 7) is 3.97. The Morgan fingerprint density at radius 1 is 1.32 bits per heavy atom. The van der Waals surface area contributed by atoms with E-state index in [2.05, 4.69) is 21.2 Å². The standard InChI is InChI=1S/C14H18BrF2NO/c1-3-5-6-9(4-2)14(19)18-13-8-11(16)10(15)7-12(13)17/h7-9H,3-6H2,1-2H3,(H,18,19). The van der Waals surface area contributed by atoms with E-state index in [1.54, 1.807) is 0 Å². The Labute approximate surface area is 120 Å². The number of rotatable bonds is 6. The smallest absolute Gasteiger partial charge is 0.227 e. The van der Waals surface area contributed by atoms with Gasteiger partial charge in [-0.25, -0.2) is 8.78 Å². The van der Waals surface area contributed by atoms with E-state index in [9.17, 15) is 13.6 Å². The Morgan fingerprint density at radius 3 is 2.58 bits per heavy atom. The third-order valence-electron chi connectivity index (χ3n) is 3.04. The predicted molar refractivity (Wildman–Crippen MR) is 76.0 cm³/mol. The molecular weight excluding hydrogens is 316 g/mol. The molecule has 0 fully saturated rings. The van der Waals surface area contributed by atoms with Crippen LogP contribution in [-0.4, -0.2) is 5.91 Å². The quantitative estimate of drug-likeness (QED) is 0.738. The van der Waals surface area contributed by atoms with E-state index in [0.717, 1.165) is 31.4 Å². The molecule has 1 unspecified atom stereocenters. The van der Waals surface area contributed by atoms with E-state index in [0.29, 0.717) is 6.42 Å². The van der Waals surface area contributed by atoms with E-state index in [1.165, 1.54) is 0 Å². The molecule has 5 heteroatoms. The van der Waals surface area contributed by atoms with Crippen LogP contribution in [0, 0.1) is 17.6 Å². The van der Waals surface area contributed by atoms with Crippen LogP contribution in [0.2, 0.25) is 0 Å². The van der Waals surface area contributed by atoms with Crippen molar-refractivity contribution in [3.63, 3.8) is 0 Å². The molecule has 106 valence electrons. The zero-order chi connectivity index (χ0) is 14.4. The number of carbonyl (C=O) groups excluding carboxylic acids is 1. The van der Waals surface area contributed by atoms with Gasteiger partial charge in [0.25, 0.3) is 0 Å². The fraction of sp³-hybridized carbons (Fsp3) is 0.500. The molecule has 0 saturated carbocycles. The van der Waals surface area contributed by atoms with Crippen molar-refractivity contribution in [1.82, 2.24) is 0 Å². The number of nitrogens with one attached hydrogen (secondary N) is 1. The molecule has 0 bridgehead atoms. The second-order valence-electron chi connectivity index (χ2n) is 4.48. The van der Waals surface area contributed by atoms with Gasteiger partial charge in [0.15, 0.2) is 0 Å². The molecule has 19 heavy (non-hydrogen) atoms. The number of unbranched alkanes of at least 4 members (excludes halogenated alkanes) is 1. The van der Waals surface area contributed by atoms with E-state index < -0.39 is 11.6 Å². The van der Waals surface area contributed by atoms with Crippen LogP contribution in [-0.2, 0) is 4.79 Å². The topological polar surface area (TPSA) is 29.1 Å². The summed E-state index contributed by atoms with van der Waals surface area (Å²) in [5.41, 5.74) is -0.111. The number of benzene rings is 1. The first-order valence-corrected chi connectivity index (χ1v) is 7.24. The van der Waals surface area contributed by atoms with Gasteiger partial charge in [0, 0.05) is 12.0 Å². The molecule has 0 heterocycles. The van der Waals surface area contributed by atoms with E-state index in [1.807, 2.05) is 13.8 Å². The molecule has 1 atom stereocenters. The van der Waals surface area contributed by atoms with Crippen LogP contribution in [0.5, 0.6) is 0 Å². The highest BCUT2D eigenvalue weighted by molar-refractivity contribution is 9.10. The fourth-order valence-corrected chi connectivity index (χ4v) is 2.14. The molecule has 0 saturated heterocycles.